The van der Waals surface area contributed by atoms with Gasteiger partial charge in [-0.15, -0.1) is 0 Å². The first-order valence-electron chi connectivity index (χ1n) is 5.55. The molecule has 0 fully saturated rings. The Balaban J connectivity index is 0.000000771. The topological polar surface area (TPSA) is 37.3 Å². The van der Waals surface area contributed by atoms with Gasteiger partial charge < -0.3 is 4.55 Å². The lowest BCUT2D eigenvalue weighted by Crippen LogP contribution is -1.93. The summed E-state index contributed by atoms with van der Waals surface area (Å²) >= 11 is 2.53. The highest BCUT2D eigenvalue weighted by atomic mass is 32.1. The zero-order chi connectivity index (χ0) is 13.5. The summed E-state index contributed by atoms with van der Waals surface area (Å²) in [6.45, 7) is 3.63. The summed E-state index contributed by atoms with van der Waals surface area (Å²) in [4.78, 5) is 11.2. The number of Topliss-reactive ketones (excluding diaryl/α,β-unsaturated/α-hetero) is 1. The van der Waals surface area contributed by atoms with Gasteiger partial charge in [-0.05, 0) is 49.5 Å². The lowest BCUT2D eigenvalue weighted by molar-refractivity contribution is 0.101. The van der Waals surface area contributed by atoms with E-state index >= 15 is 0 Å². The average molecular weight is 260 g/mol. The number of hydrogen-bond donors (Lipinski definition) is 2. The zero-order valence-corrected chi connectivity index (χ0v) is 11.3. The first-order valence-corrected chi connectivity index (χ1v) is 5.95. The molecule has 0 radical (unpaired) electrons. The molecule has 0 spiro atoms. The molecule has 3 heteroatoms. The molecule has 0 aliphatic rings. The first kappa shape index (κ1) is 14.5. The molecule has 2 nitrogen and oxygen atoms in total. The van der Waals surface area contributed by atoms with Crippen LogP contribution in [0.4, 0.5) is 0 Å². The van der Waals surface area contributed by atoms with Crippen LogP contribution in [0.15, 0.2) is 48.5 Å². The maximum Gasteiger partial charge on any atom is 0.159 e. The Bertz CT molecular complexity index is 521. The molecular weight excluding hydrogens is 244 g/mol. The van der Waals surface area contributed by atoms with Crippen molar-refractivity contribution >= 4 is 18.7 Å². The Kier molecular flexibility index (Phi) is 5.62. The van der Waals surface area contributed by atoms with E-state index in [-0.39, 0.29) is 5.78 Å². The lowest BCUT2D eigenvalue weighted by atomic mass is 9.97. The second-order valence-electron chi connectivity index (χ2n) is 3.95. The van der Waals surface area contributed by atoms with Crippen LogP contribution in [0.1, 0.15) is 22.8 Å². The van der Waals surface area contributed by atoms with E-state index in [1.807, 2.05) is 43.3 Å². The highest BCUT2D eigenvalue weighted by Crippen LogP contribution is 2.23. The predicted molar refractivity (Wildman–Crippen MR) is 78.2 cm³/mol. The number of carbonyl (C=O) groups is 1. The van der Waals surface area contributed by atoms with E-state index in [1.54, 1.807) is 6.92 Å². The number of carbonyl (C=O) groups excluding carboxylic acids is 1. The Labute approximate surface area is 113 Å². The molecule has 0 saturated carbocycles. The highest BCUT2D eigenvalue weighted by Gasteiger charge is 2.04. The van der Waals surface area contributed by atoms with Gasteiger partial charge in [-0.1, -0.05) is 42.5 Å². The molecule has 1 N–H and O–H groups in total. The average Bonchev–Trinajstić information content (AvgIpc) is 2.42. The van der Waals surface area contributed by atoms with Gasteiger partial charge >= 0.3 is 0 Å². The van der Waals surface area contributed by atoms with E-state index in [1.165, 1.54) is 11.1 Å². The predicted octanol–water partition coefficient (Wildman–Crippen LogP) is 4.25. The fourth-order valence-electron chi connectivity index (χ4n) is 1.82. The quantitative estimate of drug-likeness (QED) is 0.481. The summed E-state index contributed by atoms with van der Waals surface area (Å²) in [6.07, 6.45) is 0. The number of hydrogen-bond acceptors (Lipinski definition) is 3. The normalized spacial score (nSPS) is 9.33. The SMILES string of the molecule is CC(=O)c1ccc(-c2ccccc2)c(C)c1.OS. The van der Waals surface area contributed by atoms with Crippen molar-refractivity contribution in [2.45, 2.75) is 13.8 Å². The van der Waals surface area contributed by atoms with E-state index in [9.17, 15) is 4.79 Å². The van der Waals surface area contributed by atoms with Crippen LogP contribution >= 0.6 is 12.9 Å². The third-order valence-electron chi connectivity index (χ3n) is 2.72. The van der Waals surface area contributed by atoms with Crippen molar-refractivity contribution in [3.8, 4) is 11.1 Å². The number of aryl methyl sites for hydroxylation is 1. The Morgan fingerprint density at radius 3 is 2.17 bits per heavy atom. The number of benzene rings is 2. The number of ketones is 1. The molecule has 0 aliphatic carbocycles. The molecule has 2 aromatic rings. The Morgan fingerprint density at radius 2 is 1.67 bits per heavy atom. The van der Waals surface area contributed by atoms with Gasteiger partial charge in [0.2, 0.25) is 0 Å². The van der Waals surface area contributed by atoms with Crippen molar-refractivity contribution in [2.75, 3.05) is 0 Å². The molecule has 0 unspecified atom stereocenters. The fraction of sp³-hybridized carbons (Fsp3) is 0.133. The summed E-state index contributed by atoms with van der Waals surface area (Å²) < 4.78 is 6.69. The molecular formula is C15H16O2S. The van der Waals surface area contributed by atoms with Gasteiger partial charge in [0, 0.05) is 5.56 Å². The second kappa shape index (κ2) is 6.99. The van der Waals surface area contributed by atoms with Gasteiger partial charge in [0.05, 0.1) is 0 Å². The van der Waals surface area contributed by atoms with Crippen molar-refractivity contribution in [1.82, 2.24) is 0 Å². The van der Waals surface area contributed by atoms with Crippen LogP contribution in [0.5, 0.6) is 0 Å². The molecule has 18 heavy (non-hydrogen) atoms. The zero-order valence-electron chi connectivity index (χ0n) is 10.4. The molecule has 94 valence electrons. The van der Waals surface area contributed by atoms with E-state index in [2.05, 4.69) is 25.0 Å². The van der Waals surface area contributed by atoms with E-state index in [4.69, 9.17) is 4.55 Å². The molecule has 2 aromatic carbocycles. The van der Waals surface area contributed by atoms with Crippen molar-refractivity contribution in [3.05, 3.63) is 59.7 Å². The molecule has 0 amide bonds. The first-order chi connectivity index (χ1) is 8.68. The summed E-state index contributed by atoms with van der Waals surface area (Å²) in [5, 5.41) is 0. The van der Waals surface area contributed by atoms with Crippen molar-refractivity contribution in [1.29, 1.82) is 0 Å². The minimum atomic E-state index is 0.114. The van der Waals surface area contributed by atoms with Crippen LogP contribution in [0.25, 0.3) is 11.1 Å². The number of thiol groups is 1. The standard InChI is InChI=1S/C15H14O.H2OS/c1-11-10-14(12(2)16)8-9-15(11)13-6-4-3-5-7-13;1-2/h3-10H,1-2H3;1-2H. The van der Waals surface area contributed by atoms with Gasteiger partial charge in [-0.3, -0.25) is 4.79 Å². The maximum atomic E-state index is 11.2. The van der Waals surface area contributed by atoms with E-state index < -0.39 is 0 Å². The third kappa shape index (κ3) is 3.45. The van der Waals surface area contributed by atoms with Crippen LogP contribution in [0, 0.1) is 6.92 Å². The van der Waals surface area contributed by atoms with Gasteiger partial charge in [0.25, 0.3) is 0 Å². The summed E-state index contributed by atoms with van der Waals surface area (Å²) in [7, 11) is 0. The van der Waals surface area contributed by atoms with Crippen LogP contribution < -0.4 is 0 Å². The highest BCUT2D eigenvalue weighted by molar-refractivity contribution is 7.74. The minimum Gasteiger partial charge on any atom is -0.333 e. The molecule has 0 bridgehead atoms. The van der Waals surface area contributed by atoms with Crippen molar-refractivity contribution < 1.29 is 9.35 Å². The van der Waals surface area contributed by atoms with Crippen molar-refractivity contribution in [3.63, 3.8) is 0 Å². The van der Waals surface area contributed by atoms with Crippen LogP contribution in [0.3, 0.4) is 0 Å². The number of rotatable bonds is 2. The smallest absolute Gasteiger partial charge is 0.159 e. The Hall–Kier alpha value is -1.58. The maximum absolute atomic E-state index is 11.2. The van der Waals surface area contributed by atoms with Gasteiger partial charge in [-0.25, -0.2) is 0 Å². The molecule has 0 aromatic heterocycles. The molecule has 2 rings (SSSR count). The van der Waals surface area contributed by atoms with Gasteiger partial charge in [-0.2, -0.15) is 0 Å². The Morgan fingerprint density at radius 1 is 1.06 bits per heavy atom. The monoisotopic (exact) mass is 260 g/mol. The minimum absolute atomic E-state index is 0.114. The van der Waals surface area contributed by atoms with Crippen LogP contribution in [-0.2, 0) is 0 Å². The molecule has 0 aliphatic heterocycles. The van der Waals surface area contributed by atoms with Crippen molar-refractivity contribution in [2.24, 2.45) is 0 Å². The summed E-state index contributed by atoms with van der Waals surface area (Å²) in [5.74, 6) is 0.114. The fourth-order valence-corrected chi connectivity index (χ4v) is 1.82. The van der Waals surface area contributed by atoms with E-state index in [0.29, 0.717) is 0 Å². The molecule has 0 atom stereocenters. The van der Waals surface area contributed by atoms with E-state index in [0.717, 1.165) is 11.1 Å². The summed E-state index contributed by atoms with van der Waals surface area (Å²) in [6, 6.07) is 16.1. The third-order valence-corrected chi connectivity index (χ3v) is 2.72. The second-order valence-corrected chi connectivity index (χ2v) is 3.95. The summed E-state index contributed by atoms with van der Waals surface area (Å²) in [5.41, 5.74) is 4.29. The largest absolute Gasteiger partial charge is 0.333 e. The molecule has 0 heterocycles. The lowest BCUT2D eigenvalue weighted by Gasteiger charge is -2.07. The molecule has 0 saturated heterocycles. The van der Waals surface area contributed by atoms with Gasteiger partial charge in [0.1, 0.15) is 0 Å². The van der Waals surface area contributed by atoms with Gasteiger partial charge in [0.15, 0.2) is 5.78 Å². The van der Waals surface area contributed by atoms with Crippen LogP contribution in [-0.4, -0.2) is 10.3 Å². The van der Waals surface area contributed by atoms with Crippen LogP contribution in [0.2, 0.25) is 0 Å².